The molecule has 0 bridgehead atoms. The molecule has 5 aromatic rings. The van der Waals surface area contributed by atoms with Gasteiger partial charge in [-0.25, -0.2) is 32.4 Å². The minimum atomic E-state index is -3.21. The summed E-state index contributed by atoms with van der Waals surface area (Å²) in [4.78, 5) is 16.9. The minimum Gasteiger partial charge on any atom is -0.383 e. The predicted molar refractivity (Wildman–Crippen MR) is 139 cm³/mol. The highest BCUT2D eigenvalue weighted by atomic mass is 32.2. The fourth-order valence-corrected chi connectivity index (χ4v) is 5.83. The molecule has 36 heavy (non-hydrogen) atoms. The van der Waals surface area contributed by atoms with Crippen LogP contribution in [0.15, 0.2) is 54.9 Å². The quantitative estimate of drug-likeness (QED) is 0.377. The highest BCUT2D eigenvalue weighted by molar-refractivity contribution is 7.88. The van der Waals surface area contributed by atoms with Crippen LogP contribution in [-0.2, 0) is 16.4 Å². The third-order valence-electron chi connectivity index (χ3n) is 6.78. The standard InChI is InChI=1S/C25H26N8O2S/c1-36(34,35)32-11-9-18(10-12-32)33-25-22(24(26)27-15-28-25)23(31-33)17-7-8-19-20(14-17)30-21(29-19)13-16-5-3-2-4-6-16/h2-8,14-15,18H,9-13H2,1H3,(H,29,30)(H2,26,27,28). The fraction of sp³-hybridized carbons (Fsp3) is 0.280. The van der Waals surface area contributed by atoms with Gasteiger partial charge in [-0.1, -0.05) is 36.4 Å². The average molecular weight is 503 g/mol. The number of H-pyrrole nitrogens is 1. The van der Waals surface area contributed by atoms with Gasteiger partial charge in [0.1, 0.15) is 23.7 Å². The summed E-state index contributed by atoms with van der Waals surface area (Å²) in [5, 5.41) is 5.64. The number of fused-ring (bicyclic) bond motifs is 2. The number of anilines is 1. The van der Waals surface area contributed by atoms with Gasteiger partial charge in [0, 0.05) is 25.1 Å². The Bertz CT molecular complexity index is 1670. The Morgan fingerprint density at radius 2 is 1.86 bits per heavy atom. The Balaban J connectivity index is 1.37. The monoisotopic (exact) mass is 502 g/mol. The molecular weight excluding hydrogens is 476 g/mol. The van der Waals surface area contributed by atoms with Gasteiger partial charge in [0.25, 0.3) is 0 Å². The molecule has 1 fully saturated rings. The lowest BCUT2D eigenvalue weighted by molar-refractivity contribution is 0.266. The van der Waals surface area contributed by atoms with Crippen LogP contribution in [0.4, 0.5) is 5.82 Å². The summed E-state index contributed by atoms with van der Waals surface area (Å²) in [6.45, 7) is 0.899. The first-order chi connectivity index (χ1) is 17.4. The molecule has 0 radical (unpaired) electrons. The van der Waals surface area contributed by atoms with Crippen LogP contribution in [0.3, 0.4) is 0 Å². The number of hydrogen-bond acceptors (Lipinski definition) is 7. The zero-order chi connectivity index (χ0) is 24.9. The van der Waals surface area contributed by atoms with E-state index in [2.05, 4.69) is 27.1 Å². The molecule has 0 saturated carbocycles. The smallest absolute Gasteiger partial charge is 0.211 e. The summed E-state index contributed by atoms with van der Waals surface area (Å²) < 4.78 is 27.3. The Labute approximate surface area is 208 Å². The van der Waals surface area contributed by atoms with Crippen LogP contribution in [0.25, 0.3) is 33.3 Å². The summed E-state index contributed by atoms with van der Waals surface area (Å²) in [5.41, 5.74) is 11.5. The zero-order valence-corrected chi connectivity index (χ0v) is 20.6. The molecule has 10 nitrogen and oxygen atoms in total. The van der Waals surface area contributed by atoms with Crippen molar-refractivity contribution in [2.24, 2.45) is 0 Å². The van der Waals surface area contributed by atoms with E-state index in [1.165, 1.54) is 22.5 Å². The van der Waals surface area contributed by atoms with Crippen LogP contribution in [0.5, 0.6) is 0 Å². The third kappa shape index (κ3) is 4.10. The number of benzene rings is 2. The molecule has 0 spiro atoms. The van der Waals surface area contributed by atoms with Gasteiger partial charge in [-0.3, -0.25) is 0 Å². The summed E-state index contributed by atoms with van der Waals surface area (Å²) >= 11 is 0. The second-order valence-corrected chi connectivity index (χ2v) is 11.2. The van der Waals surface area contributed by atoms with E-state index < -0.39 is 10.0 Å². The highest BCUT2D eigenvalue weighted by Gasteiger charge is 2.29. The van der Waals surface area contributed by atoms with Crippen molar-refractivity contribution in [1.29, 1.82) is 0 Å². The maximum absolute atomic E-state index is 11.9. The molecule has 4 heterocycles. The molecule has 0 unspecified atom stereocenters. The number of aromatic nitrogens is 6. The number of nitrogens with zero attached hydrogens (tertiary/aromatic N) is 6. The minimum absolute atomic E-state index is 0.0157. The van der Waals surface area contributed by atoms with Gasteiger partial charge in [0.05, 0.1) is 28.7 Å². The summed E-state index contributed by atoms with van der Waals surface area (Å²) in [6, 6.07) is 16.2. The van der Waals surface area contributed by atoms with Gasteiger partial charge in [-0.05, 0) is 30.5 Å². The van der Waals surface area contributed by atoms with Crippen molar-refractivity contribution in [3.63, 3.8) is 0 Å². The van der Waals surface area contributed by atoms with E-state index in [1.807, 2.05) is 41.1 Å². The molecule has 6 rings (SSSR count). The van der Waals surface area contributed by atoms with Gasteiger partial charge in [0.2, 0.25) is 10.0 Å². The van der Waals surface area contributed by atoms with Crippen LogP contribution in [0.2, 0.25) is 0 Å². The fourth-order valence-electron chi connectivity index (χ4n) is 4.95. The van der Waals surface area contributed by atoms with Crippen molar-refractivity contribution < 1.29 is 8.42 Å². The Hall–Kier alpha value is -3.83. The summed E-state index contributed by atoms with van der Waals surface area (Å²) in [7, 11) is -3.21. The normalized spacial score (nSPS) is 15.7. The number of sulfonamides is 1. The molecule has 2 aromatic carbocycles. The van der Waals surface area contributed by atoms with Crippen LogP contribution >= 0.6 is 0 Å². The lowest BCUT2D eigenvalue weighted by Crippen LogP contribution is -2.38. The second kappa shape index (κ2) is 8.68. The first-order valence-corrected chi connectivity index (χ1v) is 13.7. The number of nitrogens with two attached hydrogens (primary N) is 1. The first-order valence-electron chi connectivity index (χ1n) is 11.8. The molecule has 0 atom stereocenters. The second-order valence-electron chi connectivity index (χ2n) is 9.22. The van der Waals surface area contributed by atoms with Gasteiger partial charge in [-0.2, -0.15) is 5.10 Å². The Morgan fingerprint density at radius 3 is 2.61 bits per heavy atom. The largest absolute Gasteiger partial charge is 0.383 e. The number of hydrogen-bond donors (Lipinski definition) is 2. The number of nitrogens with one attached hydrogen (secondary N) is 1. The van der Waals surface area contributed by atoms with E-state index in [-0.39, 0.29) is 6.04 Å². The molecule has 1 aliphatic heterocycles. The van der Waals surface area contributed by atoms with Gasteiger partial charge >= 0.3 is 0 Å². The van der Waals surface area contributed by atoms with Crippen LogP contribution in [-0.4, -0.2) is 61.8 Å². The number of nitrogen functional groups attached to an aromatic ring is 1. The number of aromatic amines is 1. The topological polar surface area (TPSA) is 136 Å². The van der Waals surface area contributed by atoms with Crippen molar-refractivity contribution in [1.82, 2.24) is 34.0 Å². The van der Waals surface area contributed by atoms with Crippen molar-refractivity contribution in [3.8, 4) is 11.3 Å². The van der Waals surface area contributed by atoms with E-state index in [4.69, 9.17) is 15.8 Å². The van der Waals surface area contributed by atoms with Crippen molar-refractivity contribution in [2.75, 3.05) is 25.1 Å². The molecule has 1 saturated heterocycles. The Kier molecular flexibility index (Phi) is 5.45. The lowest BCUT2D eigenvalue weighted by Gasteiger charge is -2.30. The molecule has 1 aliphatic rings. The van der Waals surface area contributed by atoms with Crippen molar-refractivity contribution in [3.05, 3.63) is 66.2 Å². The number of rotatable bonds is 5. The Morgan fingerprint density at radius 1 is 1.08 bits per heavy atom. The third-order valence-corrected chi connectivity index (χ3v) is 8.08. The van der Waals surface area contributed by atoms with Crippen LogP contribution < -0.4 is 5.73 Å². The van der Waals surface area contributed by atoms with E-state index in [0.717, 1.165) is 28.8 Å². The van der Waals surface area contributed by atoms with Gasteiger partial charge in [-0.15, -0.1) is 0 Å². The average Bonchev–Trinajstić information content (AvgIpc) is 3.45. The van der Waals surface area contributed by atoms with E-state index in [1.54, 1.807) is 0 Å². The maximum atomic E-state index is 11.9. The highest BCUT2D eigenvalue weighted by Crippen LogP contribution is 2.35. The van der Waals surface area contributed by atoms with Crippen molar-refractivity contribution in [2.45, 2.75) is 25.3 Å². The molecule has 3 N–H and O–H groups in total. The SMILES string of the molecule is CS(=O)(=O)N1CCC(n2nc(-c3ccc4nc(Cc5ccccc5)[nH]c4c3)c3c(N)ncnc32)CC1. The maximum Gasteiger partial charge on any atom is 0.211 e. The predicted octanol–water partition coefficient (Wildman–Crippen LogP) is 3.14. The first kappa shape index (κ1) is 22.6. The van der Waals surface area contributed by atoms with Gasteiger partial charge in [0.15, 0.2) is 5.65 Å². The van der Waals surface area contributed by atoms with Gasteiger partial charge < -0.3 is 10.7 Å². The molecular formula is C25H26N8O2S. The molecule has 184 valence electrons. The zero-order valence-electron chi connectivity index (χ0n) is 19.8. The van der Waals surface area contributed by atoms with Crippen LogP contribution in [0, 0.1) is 0 Å². The molecule has 0 amide bonds. The summed E-state index contributed by atoms with van der Waals surface area (Å²) in [5.74, 6) is 1.26. The molecule has 0 aliphatic carbocycles. The lowest BCUT2D eigenvalue weighted by atomic mass is 10.1. The molecule has 11 heteroatoms. The van der Waals surface area contributed by atoms with Crippen molar-refractivity contribution >= 4 is 37.9 Å². The summed E-state index contributed by atoms with van der Waals surface area (Å²) in [6.07, 6.45) is 4.71. The number of piperidine rings is 1. The molecule has 3 aromatic heterocycles. The van der Waals surface area contributed by atoms with E-state index >= 15 is 0 Å². The van der Waals surface area contributed by atoms with E-state index in [0.29, 0.717) is 48.5 Å². The number of imidazole rings is 1. The van der Waals surface area contributed by atoms with E-state index in [9.17, 15) is 8.42 Å². The van der Waals surface area contributed by atoms with Crippen LogP contribution in [0.1, 0.15) is 30.3 Å².